The number of anilines is 1. The van der Waals surface area contributed by atoms with Crippen LogP contribution >= 0.6 is 0 Å². The number of primary sulfonamides is 1. The van der Waals surface area contributed by atoms with E-state index in [1.54, 1.807) is 0 Å². The topological polar surface area (TPSA) is 139 Å². The van der Waals surface area contributed by atoms with E-state index in [0.29, 0.717) is 12.1 Å². The average Bonchev–Trinajstić information content (AvgIpc) is 2.31. The Morgan fingerprint density at radius 1 is 1.24 bits per heavy atom. The molecule has 8 nitrogen and oxygen atoms in total. The molecule has 0 saturated carbocycles. The van der Waals surface area contributed by atoms with Gasteiger partial charge in [-0.1, -0.05) is 0 Å². The summed E-state index contributed by atoms with van der Waals surface area (Å²) < 4.78 is 47.3. The quantitative estimate of drug-likeness (QED) is 0.607. The first-order chi connectivity index (χ1) is 9.60. The third kappa shape index (κ3) is 5.31. The van der Waals surface area contributed by atoms with Crippen molar-refractivity contribution in [2.45, 2.75) is 0 Å². The van der Waals surface area contributed by atoms with Crippen LogP contribution in [0.25, 0.3) is 0 Å². The number of carboxylic acids is 1. The Kier molecular flexibility index (Phi) is 5.16. The van der Waals surface area contributed by atoms with E-state index in [0.717, 1.165) is 0 Å². The molecular weight excluding hydrogens is 312 g/mol. The molecule has 0 fully saturated rings. The summed E-state index contributed by atoms with van der Waals surface area (Å²) in [5.74, 6) is -4.84. The van der Waals surface area contributed by atoms with Crippen molar-refractivity contribution in [1.82, 2.24) is 5.32 Å². The van der Waals surface area contributed by atoms with Gasteiger partial charge in [0.05, 0.1) is 17.0 Å². The molecule has 11 heteroatoms. The van der Waals surface area contributed by atoms with Gasteiger partial charge in [-0.15, -0.1) is 0 Å². The van der Waals surface area contributed by atoms with Gasteiger partial charge in [0, 0.05) is 12.6 Å². The fourth-order valence-electron chi connectivity index (χ4n) is 1.30. The van der Waals surface area contributed by atoms with Crippen molar-refractivity contribution in [1.29, 1.82) is 0 Å². The number of hydrogen-bond acceptors (Lipinski definition) is 4. The number of nitrogens with one attached hydrogen (secondary N) is 2. The van der Waals surface area contributed by atoms with Gasteiger partial charge in [0.2, 0.25) is 10.0 Å². The summed E-state index contributed by atoms with van der Waals surface area (Å²) in [6.45, 7) is -0.337. The van der Waals surface area contributed by atoms with Crippen molar-refractivity contribution in [3.05, 3.63) is 29.3 Å². The lowest BCUT2D eigenvalue weighted by molar-refractivity contribution is 0.0697. The first kappa shape index (κ1) is 16.8. The number of hydrogen-bond donors (Lipinski definition) is 4. The maximum absolute atomic E-state index is 13.0. The molecule has 0 aliphatic carbocycles. The van der Waals surface area contributed by atoms with Crippen molar-refractivity contribution < 1.29 is 31.9 Å². The number of aromatic carboxylic acids is 1. The fraction of sp³-hybridized carbons (Fsp3) is 0.200. The van der Waals surface area contributed by atoms with Gasteiger partial charge in [0.15, 0.2) is 11.6 Å². The summed E-state index contributed by atoms with van der Waals surface area (Å²) >= 11 is 0. The Morgan fingerprint density at radius 2 is 1.81 bits per heavy atom. The summed E-state index contributed by atoms with van der Waals surface area (Å²) in [4.78, 5) is 22.3. The van der Waals surface area contributed by atoms with E-state index in [-0.39, 0.29) is 6.54 Å². The molecule has 0 atom stereocenters. The second-order valence-electron chi connectivity index (χ2n) is 3.86. The molecule has 5 N–H and O–H groups in total. The monoisotopic (exact) mass is 323 g/mol. The minimum absolute atomic E-state index is 0.337. The standard InChI is InChI=1S/C10H11F2N3O5S/c11-6-3-5(9(16)17)8(4-7(6)12)15-10(18)14-1-2-21(13,19)20/h3-4H,1-2H2,(H,16,17)(H2,13,19,20)(H2,14,15,18). The van der Waals surface area contributed by atoms with Crippen LogP contribution in [0.15, 0.2) is 12.1 Å². The molecule has 1 aromatic rings. The molecule has 0 bridgehead atoms. The molecule has 0 aliphatic heterocycles. The Bertz CT molecular complexity index is 678. The van der Waals surface area contributed by atoms with Crippen molar-refractivity contribution in [3.63, 3.8) is 0 Å². The number of urea groups is 1. The maximum atomic E-state index is 13.0. The highest BCUT2D eigenvalue weighted by molar-refractivity contribution is 7.89. The number of sulfonamides is 1. The van der Waals surface area contributed by atoms with E-state index < -0.39 is 50.7 Å². The average molecular weight is 323 g/mol. The summed E-state index contributed by atoms with van der Waals surface area (Å²) in [7, 11) is -3.77. The van der Waals surface area contributed by atoms with E-state index >= 15 is 0 Å². The molecule has 0 saturated heterocycles. The molecule has 2 amide bonds. The summed E-state index contributed by atoms with van der Waals surface area (Å²) in [6, 6.07) is -0.0810. The Hall–Kier alpha value is -2.27. The molecule has 21 heavy (non-hydrogen) atoms. The van der Waals surface area contributed by atoms with Crippen LogP contribution < -0.4 is 15.8 Å². The van der Waals surface area contributed by atoms with Crippen LogP contribution in [0.1, 0.15) is 10.4 Å². The van der Waals surface area contributed by atoms with Crippen LogP contribution in [0.5, 0.6) is 0 Å². The van der Waals surface area contributed by atoms with Crippen molar-refractivity contribution >= 4 is 27.7 Å². The van der Waals surface area contributed by atoms with E-state index in [2.05, 4.69) is 5.32 Å². The van der Waals surface area contributed by atoms with Crippen LogP contribution in [-0.2, 0) is 10.0 Å². The number of carbonyl (C=O) groups is 2. The number of carboxylic acid groups (broad SMARTS) is 1. The smallest absolute Gasteiger partial charge is 0.337 e. The highest BCUT2D eigenvalue weighted by Crippen LogP contribution is 2.20. The second kappa shape index (κ2) is 6.45. The molecule has 116 valence electrons. The van der Waals surface area contributed by atoms with Crippen molar-refractivity contribution in [2.24, 2.45) is 5.14 Å². The SMILES string of the molecule is NS(=O)(=O)CCNC(=O)Nc1cc(F)c(F)cc1C(=O)O. The molecule has 1 rings (SSSR count). The van der Waals surface area contributed by atoms with E-state index in [4.69, 9.17) is 10.2 Å². The van der Waals surface area contributed by atoms with Crippen LogP contribution in [-0.4, -0.2) is 37.8 Å². The number of rotatable bonds is 5. The number of carbonyl (C=O) groups excluding carboxylic acids is 1. The van der Waals surface area contributed by atoms with Gasteiger partial charge in [0.25, 0.3) is 0 Å². The molecule has 0 aliphatic rings. The van der Waals surface area contributed by atoms with E-state index in [1.807, 2.05) is 5.32 Å². The number of halogens is 2. The zero-order valence-electron chi connectivity index (χ0n) is 10.4. The van der Waals surface area contributed by atoms with Gasteiger partial charge < -0.3 is 15.7 Å². The number of benzene rings is 1. The van der Waals surface area contributed by atoms with E-state index in [9.17, 15) is 26.8 Å². The predicted octanol–water partition coefficient (Wildman–Crippen LogP) is 0.0730. The number of nitrogens with two attached hydrogens (primary N) is 1. The van der Waals surface area contributed by atoms with Gasteiger partial charge in [-0.2, -0.15) is 0 Å². The third-order valence-electron chi connectivity index (χ3n) is 2.21. The van der Waals surface area contributed by atoms with Crippen LogP contribution in [0.2, 0.25) is 0 Å². The van der Waals surface area contributed by atoms with Crippen LogP contribution in [0, 0.1) is 11.6 Å². The molecule has 0 aromatic heterocycles. The summed E-state index contributed by atoms with van der Waals surface area (Å²) in [5.41, 5.74) is -1.13. The number of amides is 2. The predicted molar refractivity (Wildman–Crippen MR) is 68.3 cm³/mol. The summed E-state index contributed by atoms with van der Waals surface area (Å²) in [6.07, 6.45) is 0. The van der Waals surface area contributed by atoms with Gasteiger partial charge in [-0.3, -0.25) is 0 Å². The van der Waals surface area contributed by atoms with Gasteiger partial charge >= 0.3 is 12.0 Å². The Labute approximate surface area is 118 Å². The Morgan fingerprint density at radius 3 is 2.33 bits per heavy atom. The zero-order chi connectivity index (χ0) is 16.2. The minimum Gasteiger partial charge on any atom is -0.478 e. The lowest BCUT2D eigenvalue weighted by atomic mass is 10.1. The molecule has 0 radical (unpaired) electrons. The second-order valence-corrected chi connectivity index (χ2v) is 5.60. The maximum Gasteiger partial charge on any atom is 0.337 e. The normalized spacial score (nSPS) is 11.0. The first-order valence-corrected chi connectivity index (χ1v) is 7.09. The zero-order valence-corrected chi connectivity index (χ0v) is 11.2. The molecule has 0 unspecified atom stereocenters. The molecular formula is C10H11F2N3O5S. The third-order valence-corrected chi connectivity index (χ3v) is 2.98. The fourth-order valence-corrected chi connectivity index (χ4v) is 1.69. The van der Waals surface area contributed by atoms with Crippen LogP contribution in [0.3, 0.4) is 0 Å². The van der Waals surface area contributed by atoms with Gasteiger partial charge in [-0.25, -0.2) is 31.9 Å². The van der Waals surface area contributed by atoms with Crippen LogP contribution in [0.4, 0.5) is 19.3 Å². The van der Waals surface area contributed by atoms with Gasteiger partial charge in [-0.05, 0) is 6.07 Å². The highest BCUT2D eigenvalue weighted by Gasteiger charge is 2.17. The van der Waals surface area contributed by atoms with Gasteiger partial charge in [0.1, 0.15) is 0 Å². The molecule has 0 heterocycles. The van der Waals surface area contributed by atoms with Crippen molar-refractivity contribution in [3.8, 4) is 0 Å². The minimum atomic E-state index is -3.77. The highest BCUT2D eigenvalue weighted by atomic mass is 32.2. The lowest BCUT2D eigenvalue weighted by Crippen LogP contribution is -2.34. The largest absolute Gasteiger partial charge is 0.478 e. The first-order valence-electron chi connectivity index (χ1n) is 5.38. The summed E-state index contributed by atoms with van der Waals surface area (Å²) in [5, 5.41) is 17.6. The molecule has 1 aromatic carbocycles. The van der Waals surface area contributed by atoms with E-state index in [1.165, 1.54) is 0 Å². The molecule has 0 spiro atoms. The lowest BCUT2D eigenvalue weighted by Gasteiger charge is -2.10. The Balaban J connectivity index is 2.80. The van der Waals surface area contributed by atoms with Crippen molar-refractivity contribution in [2.75, 3.05) is 17.6 Å².